The molecule has 102 valence electrons. The molecule has 0 N–H and O–H groups in total. The molecule has 0 amide bonds. The molecule has 0 atom stereocenters. The van der Waals surface area contributed by atoms with Crippen molar-refractivity contribution in [1.29, 1.82) is 0 Å². The molecule has 0 heterocycles. The predicted octanol–water partition coefficient (Wildman–Crippen LogP) is 3.10. The van der Waals surface area contributed by atoms with E-state index in [-0.39, 0.29) is 12.0 Å². The fourth-order valence-corrected chi connectivity index (χ4v) is 2.50. The Morgan fingerprint density at radius 3 is 2.28 bits per heavy atom. The largest absolute Gasteiger partial charge is 0.419 e. The van der Waals surface area contributed by atoms with Crippen LogP contribution in [0.1, 0.15) is 26.3 Å². The minimum absolute atomic E-state index is 0.0000463. The van der Waals surface area contributed by atoms with Crippen molar-refractivity contribution < 1.29 is 22.0 Å². The molecule has 0 bridgehead atoms. The number of hydrogen-bond donors (Lipinski definition) is 0. The van der Waals surface area contributed by atoms with Crippen molar-refractivity contribution in [2.75, 3.05) is 0 Å². The fourth-order valence-electron chi connectivity index (χ4n) is 1.64. The summed E-state index contributed by atoms with van der Waals surface area (Å²) in [5, 5.41) is 0. The Morgan fingerprint density at radius 2 is 1.72 bits per heavy atom. The first-order valence-electron chi connectivity index (χ1n) is 5.74. The third-order valence-corrected chi connectivity index (χ3v) is 3.88. The topological polar surface area (TPSA) is 9.23 Å². The van der Waals surface area contributed by atoms with Crippen LogP contribution in [0.25, 0.3) is 0 Å². The van der Waals surface area contributed by atoms with E-state index in [4.69, 9.17) is 4.43 Å². The molecule has 1 aromatic carbocycles. The van der Waals surface area contributed by atoms with Gasteiger partial charge in [-0.25, -0.2) is 17.6 Å². The monoisotopic (exact) mass is 280 g/mol. The van der Waals surface area contributed by atoms with E-state index in [1.165, 1.54) is 0 Å². The van der Waals surface area contributed by atoms with Crippen LogP contribution in [-0.2, 0) is 10.8 Å². The maximum absolute atomic E-state index is 13.5. The van der Waals surface area contributed by atoms with Crippen LogP contribution >= 0.6 is 0 Å². The van der Waals surface area contributed by atoms with E-state index in [0.717, 1.165) is 6.04 Å². The van der Waals surface area contributed by atoms with Crippen molar-refractivity contribution in [2.24, 2.45) is 0 Å². The van der Waals surface area contributed by atoms with Crippen molar-refractivity contribution >= 4 is 9.76 Å². The highest BCUT2D eigenvalue weighted by Crippen LogP contribution is 2.24. The van der Waals surface area contributed by atoms with Crippen LogP contribution in [-0.4, -0.2) is 15.4 Å². The Labute approximate surface area is 106 Å². The first-order chi connectivity index (χ1) is 8.28. The molecule has 0 aliphatic heterocycles. The Hall–Kier alpha value is -0.883. The lowest BCUT2D eigenvalue weighted by atomic mass is 9.98. The molecule has 0 saturated carbocycles. The first-order valence-corrected chi connectivity index (χ1v) is 7.32. The second kappa shape index (κ2) is 5.84. The van der Waals surface area contributed by atoms with E-state index in [0.29, 0.717) is 6.07 Å². The molecule has 0 saturated heterocycles. The van der Waals surface area contributed by atoms with Gasteiger partial charge in [-0.1, -0.05) is 6.92 Å². The number of benzene rings is 1. The first kappa shape index (κ1) is 15.2. The smallest absolute Gasteiger partial charge is 0.197 e. The van der Waals surface area contributed by atoms with E-state index in [2.05, 4.69) is 0 Å². The van der Waals surface area contributed by atoms with Crippen LogP contribution in [0.15, 0.2) is 6.07 Å². The zero-order valence-electron chi connectivity index (χ0n) is 10.6. The summed E-state index contributed by atoms with van der Waals surface area (Å²) in [5.74, 6) is -6.28. The van der Waals surface area contributed by atoms with E-state index in [9.17, 15) is 17.6 Å². The lowest BCUT2D eigenvalue weighted by Crippen LogP contribution is -2.29. The molecule has 0 unspecified atom stereocenters. The van der Waals surface area contributed by atoms with Gasteiger partial charge in [-0.15, -0.1) is 0 Å². The quantitative estimate of drug-likeness (QED) is 0.348. The molecule has 1 aromatic rings. The molecule has 0 aliphatic rings. The second-order valence-electron chi connectivity index (χ2n) is 4.74. The Kier molecular flexibility index (Phi) is 4.92. The van der Waals surface area contributed by atoms with Crippen molar-refractivity contribution in [1.82, 2.24) is 0 Å². The van der Waals surface area contributed by atoms with Gasteiger partial charge in [0.15, 0.2) is 33.0 Å². The lowest BCUT2D eigenvalue weighted by molar-refractivity contribution is 0.115. The molecular formula is C12H16F4OSi. The predicted molar refractivity (Wildman–Crippen MR) is 64.2 cm³/mol. The summed E-state index contributed by atoms with van der Waals surface area (Å²) >= 11 is 0. The Bertz CT molecular complexity index is 435. The maximum Gasteiger partial charge on any atom is 0.197 e. The van der Waals surface area contributed by atoms with Gasteiger partial charge in [0.05, 0.1) is 5.60 Å². The number of hydrogen-bond acceptors (Lipinski definition) is 1. The molecular weight excluding hydrogens is 264 g/mol. The standard InChI is InChI=1S/C12H16F4OSi/c1-4-18-17-12(2,3)6-7-5-8(13)10(15)11(16)9(7)14/h5H,4,6,18H2,1-3H3. The second-order valence-corrected chi connectivity index (χ2v) is 6.44. The summed E-state index contributed by atoms with van der Waals surface area (Å²) in [6.45, 7) is 5.41. The molecule has 1 rings (SSSR count). The maximum atomic E-state index is 13.5. The summed E-state index contributed by atoms with van der Waals surface area (Å²) < 4.78 is 57.9. The minimum Gasteiger partial charge on any atom is -0.419 e. The molecule has 0 radical (unpaired) electrons. The zero-order valence-corrected chi connectivity index (χ0v) is 12.0. The van der Waals surface area contributed by atoms with Crippen LogP contribution in [0.2, 0.25) is 6.04 Å². The van der Waals surface area contributed by atoms with Crippen LogP contribution in [0.4, 0.5) is 17.6 Å². The van der Waals surface area contributed by atoms with Crippen LogP contribution < -0.4 is 0 Å². The number of halogens is 4. The summed E-state index contributed by atoms with van der Waals surface area (Å²) in [7, 11) is -0.722. The summed E-state index contributed by atoms with van der Waals surface area (Å²) in [6.07, 6.45) is -0.0000463. The van der Waals surface area contributed by atoms with Gasteiger partial charge in [0.25, 0.3) is 0 Å². The van der Waals surface area contributed by atoms with Crippen LogP contribution in [0, 0.1) is 23.3 Å². The van der Waals surface area contributed by atoms with Crippen LogP contribution in [0.5, 0.6) is 0 Å². The summed E-state index contributed by atoms with van der Waals surface area (Å²) in [4.78, 5) is 0. The molecule has 0 fully saturated rings. The van der Waals surface area contributed by atoms with E-state index in [1.54, 1.807) is 13.8 Å². The SMILES string of the molecule is CC[SiH2]OC(C)(C)Cc1cc(F)c(F)c(F)c1F. The number of rotatable bonds is 5. The van der Waals surface area contributed by atoms with Crippen molar-refractivity contribution in [2.45, 2.75) is 38.8 Å². The molecule has 6 heteroatoms. The molecule has 0 aromatic heterocycles. The summed E-state index contributed by atoms with van der Waals surface area (Å²) in [5.41, 5.74) is -0.915. The molecule has 18 heavy (non-hydrogen) atoms. The molecule has 0 aliphatic carbocycles. The average molecular weight is 280 g/mol. The summed E-state index contributed by atoms with van der Waals surface area (Å²) in [6, 6.07) is 1.60. The van der Waals surface area contributed by atoms with Crippen molar-refractivity contribution in [3.8, 4) is 0 Å². The van der Waals surface area contributed by atoms with Crippen molar-refractivity contribution in [3.63, 3.8) is 0 Å². The average Bonchev–Trinajstić information content (AvgIpc) is 2.30. The van der Waals surface area contributed by atoms with Gasteiger partial charge >= 0.3 is 0 Å². The highest BCUT2D eigenvalue weighted by atomic mass is 28.2. The highest BCUT2D eigenvalue weighted by molar-refractivity contribution is 6.27. The van der Waals surface area contributed by atoms with E-state index < -0.39 is 38.6 Å². The molecule has 0 spiro atoms. The van der Waals surface area contributed by atoms with Crippen LogP contribution in [0.3, 0.4) is 0 Å². The van der Waals surface area contributed by atoms with E-state index in [1.807, 2.05) is 6.92 Å². The van der Waals surface area contributed by atoms with Gasteiger partial charge in [0, 0.05) is 6.42 Å². The highest BCUT2D eigenvalue weighted by Gasteiger charge is 2.25. The fraction of sp³-hybridized carbons (Fsp3) is 0.500. The zero-order chi connectivity index (χ0) is 13.9. The minimum atomic E-state index is -1.78. The van der Waals surface area contributed by atoms with Crippen molar-refractivity contribution in [3.05, 3.63) is 34.9 Å². The van der Waals surface area contributed by atoms with Gasteiger partial charge in [-0.05, 0) is 31.5 Å². The van der Waals surface area contributed by atoms with E-state index >= 15 is 0 Å². The normalized spacial score (nSPS) is 12.6. The van der Waals surface area contributed by atoms with Gasteiger partial charge in [-0.3, -0.25) is 0 Å². The lowest BCUT2D eigenvalue weighted by Gasteiger charge is -2.26. The van der Waals surface area contributed by atoms with Gasteiger partial charge in [0.1, 0.15) is 0 Å². The van der Waals surface area contributed by atoms with Gasteiger partial charge in [0.2, 0.25) is 0 Å². The third kappa shape index (κ3) is 3.55. The van der Waals surface area contributed by atoms with Gasteiger partial charge < -0.3 is 4.43 Å². The Balaban J connectivity index is 2.98. The third-order valence-electron chi connectivity index (χ3n) is 2.49. The molecule has 1 nitrogen and oxygen atoms in total. The Morgan fingerprint density at radius 1 is 1.11 bits per heavy atom. The van der Waals surface area contributed by atoms with Gasteiger partial charge in [-0.2, -0.15) is 0 Å².